The Morgan fingerprint density at radius 1 is 1.07 bits per heavy atom. The predicted octanol–water partition coefficient (Wildman–Crippen LogP) is 3.11. The van der Waals surface area contributed by atoms with Crippen LogP contribution in [0.2, 0.25) is 0 Å². The van der Waals surface area contributed by atoms with Gasteiger partial charge in [-0.3, -0.25) is 14.6 Å². The lowest BCUT2D eigenvalue weighted by atomic mass is 10.1. The zero-order valence-corrected chi connectivity index (χ0v) is 16.3. The van der Waals surface area contributed by atoms with Crippen LogP contribution in [0.25, 0.3) is 0 Å². The van der Waals surface area contributed by atoms with Crippen molar-refractivity contribution < 1.29 is 9.59 Å². The van der Waals surface area contributed by atoms with Crippen molar-refractivity contribution in [3.8, 4) is 0 Å². The highest BCUT2D eigenvalue weighted by molar-refractivity contribution is 6.03. The zero-order valence-electron chi connectivity index (χ0n) is 16.3. The Hall–Kier alpha value is -3.48. The van der Waals surface area contributed by atoms with Gasteiger partial charge in [0.2, 0.25) is 0 Å². The Balaban J connectivity index is 1.55. The number of anilines is 1. The number of nitrogens with one attached hydrogen (secondary N) is 2. The van der Waals surface area contributed by atoms with Gasteiger partial charge in [-0.1, -0.05) is 23.8 Å². The maximum atomic E-state index is 12.9. The molecule has 0 atom stereocenters. The molecule has 1 aromatic carbocycles. The number of imidazole rings is 1. The summed E-state index contributed by atoms with van der Waals surface area (Å²) in [5, 5.41) is 5.75. The highest BCUT2D eigenvalue weighted by Gasteiger charge is 2.27. The van der Waals surface area contributed by atoms with E-state index in [-0.39, 0.29) is 17.6 Å². The van der Waals surface area contributed by atoms with Crippen molar-refractivity contribution in [3.05, 3.63) is 77.1 Å². The molecule has 2 N–H and O–H groups in total. The average Bonchev–Trinajstić information content (AvgIpc) is 3.14. The standard InChI is InChI=1S/C22H23N5O2/c1-15-8-10-16(11-9-15)25-22(29)20-26-19(18-7-3-5-13-27(18)20)21(28)24-14-17-6-2-4-12-23-17/h2,4,6,8-12H,3,5,7,13-14H2,1H3,(H,24,28)(H,25,29). The van der Waals surface area contributed by atoms with Gasteiger partial charge in [-0.15, -0.1) is 0 Å². The quantitative estimate of drug-likeness (QED) is 0.702. The van der Waals surface area contributed by atoms with Gasteiger partial charge >= 0.3 is 0 Å². The molecule has 7 heteroatoms. The molecule has 7 nitrogen and oxygen atoms in total. The number of fused-ring (bicyclic) bond motifs is 1. The van der Waals surface area contributed by atoms with Crippen molar-refractivity contribution in [2.75, 3.05) is 5.32 Å². The molecule has 2 amide bonds. The third-order valence-electron chi connectivity index (χ3n) is 5.00. The first-order valence-electron chi connectivity index (χ1n) is 9.77. The summed E-state index contributed by atoms with van der Waals surface area (Å²) in [7, 11) is 0. The van der Waals surface area contributed by atoms with E-state index < -0.39 is 0 Å². The fourth-order valence-corrected chi connectivity index (χ4v) is 3.48. The Labute approximate surface area is 169 Å². The van der Waals surface area contributed by atoms with Crippen LogP contribution in [0.5, 0.6) is 0 Å². The van der Waals surface area contributed by atoms with Crippen molar-refractivity contribution in [3.63, 3.8) is 0 Å². The number of pyridine rings is 1. The van der Waals surface area contributed by atoms with Crippen LogP contribution in [0, 0.1) is 6.92 Å². The van der Waals surface area contributed by atoms with Crippen molar-refractivity contribution >= 4 is 17.5 Å². The molecule has 0 radical (unpaired) electrons. The lowest BCUT2D eigenvalue weighted by Crippen LogP contribution is -2.25. The second-order valence-corrected chi connectivity index (χ2v) is 7.16. The first-order valence-corrected chi connectivity index (χ1v) is 9.77. The van der Waals surface area contributed by atoms with E-state index in [1.54, 1.807) is 6.20 Å². The van der Waals surface area contributed by atoms with Gasteiger partial charge in [-0.05, 0) is 50.5 Å². The van der Waals surface area contributed by atoms with Crippen molar-refractivity contribution in [1.82, 2.24) is 19.9 Å². The Bertz CT molecular complexity index is 1030. The third-order valence-corrected chi connectivity index (χ3v) is 5.00. The van der Waals surface area contributed by atoms with Crippen LogP contribution in [-0.2, 0) is 19.5 Å². The maximum absolute atomic E-state index is 12.9. The Morgan fingerprint density at radius 2 is 1.90 bits per heavy atom. The summed E-state index contributed by atoms with van der Waals surface area (Å²) >= 11 is 0. The van der Waals surface area contributed by atoms with Crippen LogP contribution in [0.15, 0.2) is 48.7 Å². The van der Waals surface area contributed by atoms with Crippen LogP contribution in [0.1, 0.15) is 50.9 Å². The molecule has 148 valence electrons. The fourth-order valence-electron chi connectivity index (χ4n) is 3.48. The fraction of sp³-hybridized carbons (Fsp3) is 0.273. The molecule has 4 rings (SSSR count). The minimum atomic E-state index is -0.305. The second kappa shape index (κ2) is 8.26. The van der Waals surface area contributed by atoms with Gasteiger partial charge in [0.25, 0.3) is 11.8 Å². The van der Waals surface area contributed by atoms with Gasteiger partial charge in [-0.25, -0.2) is 4.98 Å². The molecular formula is C22H23N5O2. The summed E-state index contributed by atoms with van der Waals surface area (Å²) < 4.78 is 1.88. The molecule has 0 saturated heterocycles. The second-order valence-electron chi connectivity index (χ2n) is 7.16. The van der Waals surface area contributed by atoms with Crippen molar-refractivity contribution in [2.45, 2.75) is 39.3 Å². The third kappa shape index (κ3) is 4.18. The van der Waals surface area contributed by atoms with Gasteiger partial charge in [0.1, 0.15) is 5.69 Å². The lowest BCUT2D eigenvalue weighted by Gasteiger charge is -2.17. The predicted molar refractivity (Wildman–Crippen MR) is 110 cm³/mol. The van der Waals surface area contributed by atoms with Crippen LogP contribution in [0.3, 0.4) is 0 Å². The van der Waals surface area contributed by atoms with Gasteiger partial charge in [0.05, 0.1) is 17.9 Å². The van der Waals surface area contributed by atoms with E-state index >= 15 is 0 Å². The molecule has 2 aromatic heterocycles. The SMILES string of the molecule is Cc1ccc(NC(=O)c2nc(C(=O)NCc3ccccn3)c3n2CCCC3)cc1. The number of hydrogen-bond donors (Lipinski definition) is 2. The summed E-state index contributed by atoms with van der Waals surface area (Å²) in [6.07, 6.45) is 4.36. The molecule has 3 heterocycles. The van der Waals surface area contributed by atoms with Gasteiger partial charge in [0, 0.05) is 18.4 Å². The summed E-state index contributed by atoms with van der Waals surface area (Å²) in [6, 6.07) is 13.1. The van der Waals surface area contributed by atoms with Gasteiger partial charge < -0.3 is 15.2 Å². The van der Waals surface area contributed by atoms with Crippen LogP contribution >= 0.6 is 0 Å². The molecule has 0 bridgehead atoms. The minimum absolute atomic E-state index is 0.281. The number of aryl methyl sites for hydroxylation is 1. The molecule has 1 aliphatic heterocycles. The van der Waals surface area contributed by atoms with Gasteiger partial charge in [-0.2, -0.15) is 0 Å². The Morgan fingerprint density at radius 3 is 2.66 bits per heavy atom. The number of carbonyl (C=O) groups is 2. The first-order chi connectivity index (χ1) is 14.1. The summed E-state index contributed by atoms with van der Waals surface area (Å²) in [5.41, 5.74) is 3.74. The normalized spacial score (nSPS) is 12.9. The molecule has 0 unspecified atom stereocenters. The van der Waals surface area contributed by atoms with Crippen LogP contribution < -0.4 is 10.6 Å². The lowest BCUT2D eigenvalue weighted by molar-refractivity contribution is 0.0944. The first kappa shape index (κ1) is 18.9. The monoisotopic (exact) mass is 389 g/mol. The number of carbonyl (C=O) groups excluding carboxylic acids is 2. The number of hydrogen-bond acceptors (Lipinski definition) is 4. The molecule has 3 aromatic rings. The minimum Gasteiger partial charge on any atom is -0.345 e. The summed E-state index contributed by atoms with van der Waals surface area (Å²) in [6.45, 7) is 3.00. The van der Waals surface area contributed by atoms with Crippen molar-refractivity contribution in [2.24, 2.45) is 0 Å². The van der Waals surface area contributed by atoms with E-state index in [0.717, 1.165) is 36.2 Å². The average molecular weight is 389 g/mol. The van der Waals surface area contributed by atoms with Gasteiger partial charge in [0.15, 0.2) is 5.82 Å². The zero-order chi connectivity index (χ0) is 20.2. The van der Waals surface area contributed by atoms with Crippen LogP contribution in [-0.4, -0.2) is 26.3 Å². The maximum Gasteiger partial charge on any atom is 0.291 e. The van der Waals surface area contributed by atoms with Crippen molar-refractivity contribution in [1.29, 1.82) is 0 Å². The van der Waals surface area contributed by atoms with E-state index in [1.807, 2.05) is 54.0 Å². The highest BCUT2D eigenvalue weighted by atomic mass is 16.2. The van der Waals surface area contributed by atoms with E-state index in [2.05, 4.69) is 20.6 Å². The molecule has 29 heavy (non-hydrogen) atoms. The van der Waals surface area contributed by atoms with E-state index in [4.69, 9.17) is 0 Å². The summed E-state index contributed by atoms with van der Waals surface area (Å²) in [5.74, 6) is -0.306. The Kier molecular flexibility index (Phi) is 5.37. The molecule has 0 aliphatic carbocycles. The summed E-state index contributed by atoms with van der Waals surface area (Å²) in [4.78, 5) is 34.3. The highest BCUT2D eigenvalue weighted by Crippen LogP contribution is 2.22. The number of aromatic nitrogens is 3. The smallest absolute Gasteiger partial charge is 0.291 e. The largest absolute Gasteiger partial charge is 0.345 e. The number of rotatable bonds is 5. The van der Waals surface area contributed by atoms with E-state index in [1.165, 1.54) is 0 Å². The topological polar surface area (TPSA) is 88.9 Å². The molecule has 1 aliphatic rings. The number of amides is 2. The van der Waals surface area contributed by atoms with E-state index in [9.17, 15) is 9.59 Å². The van der Waals surface area contributed by atoms with E-state index in [0.29, 0.717) is 24.5 Å². The van der Waals surface area contributed by atoms with Crippen LogP contribution in [0.4, 0.5) is 5.69 Å². The number of benzene rings is 1. The molecule has 0 fully saturated rings. The molecule has 0 spiro atoms. The number of nitrogens with zero attached hydrogens (tertiary/aromatic N) is 3. The molecule has 0 saturated carbocycles. The molecular weight excluding hydrogens is 366 g/mol.